The van der Waals surface area contributed by atoms with Crippen molar-refractivity contribution >= 4 is 5.69 Å². The molecule has 0 spiro atoms. The zero-order valence-corrected chi connectivity index (χ0v) is 11.5. The maximum Gasteiger partial charge on any atom is 0.235 e. The van der Waals surface area contributed by atoms with Crippen LogP contribution >= 0.6 is 0 Å². The van der Waals surface area contributed by atoms with Crippen LogP contribution in [-0.2, 0) is 7.05 Å². The highest BCUT2D eigenvalue weighted by molar-refractivity contribution is 5.54. The van der Waals surface area contributed by atoms with Gasteiger partial charge in [-0.3, -0.25) is 0 Å². The maximum absolute atomic E-state index is 6.04. The third-order valence-corrected chi connectivity index (χ3v) is 2.84. The first-order valence-corrected chi connectivity index (χ1v) is 6.53. The monoisotopic (exact) mass is 239 g/mol. The third-order valence-electron chi connectivity index (χ3n) is 2.84. The highest BCUT2D eigenvalue weighted by Crippen LogP contribution is 2.29. The van der Waals surface area contributed by atoms with E-state index in [9.17, 15) is 0 Å². The second-order valence-electron chi connectivity index (χ2n) is 4.79. The Morgan fingerprint density at radius 1 is 1.29 bits per heavy atom. The van der Waals surface area contributed by atoms with Gasteiger partial charge in [-0.25, -0.2) is 4.68 Å². The smallest absolute Gasteiger partial charge is 0.235 e. The van der Waals surface area contributed by atoms with E-state index in [2.05, 4.69) is 25.9 Å². The van der Waals surface area contributed by atoms with Crippen LogP contribution in [0.2, 0.25) is 0 Å². The van der Waals surface area contributed by atoms with Crippen LogP contribution in [0.5, 0.6) is 5.88 Å². The van der Waals surface area contributed by atoms with Crippen molar-refractivity contribution in [2.75, 3.05) is 12.3 Å². The van der Waals surface area contributed by atoms with E-state index in [1.807, 2.05) is 7.05 Å². The fourth-order valence-corrected chi connectivity index (χ4v) is 1.84. The highest BCUT2D eigenvalue weighted by atomic mass is 16.5. The molecule has 0 amide bonds. The molecule has 0 bridgehead atoms. The maximum atomic E-state index is 6.04. The molecule has 4 heteroatoms. The summed E-state index contributed by atoms with van der Waals surface area (Å²) in [7, 11) is 1.88. The van der Waals surface area contributed by atoms with Crippen LogP contribution in [0.3, 0.4) is 0 Å². The molecule has 1 aromatic heterocycles. The summed E-state index contributed by atoms with van der Waals surface area (Å²) in [5.74, 6) is 1.05. The van der Waals surface area contributed by atoms with Crippen molar-refractivity contribution in [3.8, 4) is 5.88 Å². The molecule has 0 aromatic carbocycles. The molecule has 1 aromatic rings. The summed E-state index contributed by atoms with van der Waals surface area (Å²) in [5.41, 5.74) is 7.66. The standard InChI is InChI=1S/C13H25N3O/c1-5-6-7-8-9-17-13-11(14)12(10(2)3)15-16(13)4/h10H,5-9,14H2,1-4H3. The van der Waals surface area contributed by atoms with Crippen molar-refractivity contribution in [2.45, 2.75) is 52.4 Å². The topological polar surface area (TPSA) is 53.1 Å². The van der Waals surface area contributed by atoms with Gasteiger partial charge in [0, 0.05) is 7.05 Å². The summed E-state index contributed by atoms with van der Waals surface area (Å²) in [6, 6.07) is 0. The molecule has 0 fully saturated rings. The molecule has 0 aliphatic heterocycles. The van der Waals surface area contributed by atoms with E-state index in [1.165, 1.54) is 19.3 Å². The fourth-order valence-electron chi connectivity index (χ4n) is 1.84. The molecule has 98 valence electrons. The number of anilines is 1. The summed E-state index contributed by atoms with van der Waals surface area (Å²) < 4.78 is 7.46. The van der Waals surface area contributed by atoms with Gasteiger partial charge in [0.05, 0.1) is 12.3 Å². The van der Waals surface area contributed by atoms with Gasteiger partial charge in [0.25, 0.3) is 0 Å². The van der Waals surface area contributed by atoms with E-state index in [0.717, 1.165) is 18.7 Å². The van der Waals surface area contributed by atoms with E-state index < -0.39 is 0 Å². The molecule has 17 heavy (non-hydrogen) atoms. The number of aromatic nitrogens is 2. The Balaban J connectivity index is 2.53. The molecule has 0 radical (unpaired) electrons. The average Bonchev–Trinajstić information content (AvgIpc) is 2.56. The molecule has 1 heterocycles. The average molecular weight is 239 g/mol. The summed E-state index contributed by atoms with van der Waals surface area (Å²) in [6.45, 7) is 7.10. The lowest BCUT2D eigenvalue weighted by molar-refractivity contribution is 0.281. The zero-order valence-electron chi connectivity index (χ0n) is 11.5. The van der Waals surface area contributed by atoms with Gasteiger partial charge in [0.15, 0.2) is 0 Å². The van der Waals surface area contributed by atoms with Crippen molar-refractivity contribution in [2.24, 2.45) is 7.05 Å². The van der Waals surface area contributed by atoms with Crippen molar-refractivity contribution < 1.29 is 4.74 Å². The number of nitrogens with two attached hydrogens (primary N) is 1. The van der Waals surface area contributed by atoms with Crippen LogP contribution in [0.4, 0.5) is 5.69 Å². The summed E-state index contributed by atoms with van der Waals surface area (Å²) in [6.07, 6.45) is 4.80. The van der Waals surface area contributed by atoms with Gasteiger partial charge in [-0.1, -0.05) is 40.0 Å². The first-order chi connectivity index (χ1) is 8.07. The molecule has 2 N–H and O–H groups in total. The summed E-state index contributed by atoms with van der Waals surface area (Å²) in [4.78, 5) is 0. The third kappa shape index (κ3) is 3.65. The lowest BCUT2D eigenvalue weighted by Gasteiger charge is -2.07. The fraction of sp³-hybridized carbons (Fsp3) is 0.769. The number of aryl methyl sites for hydroxylation is 1. The number of rotatable bonds is 7. The molecule has 0 saturated carbocycles. The molecule has 4 nitrogen and oxygen atoms in total. The summed E-state index contributed by atoms with van der Waals surface area (Å²) in [5, 5.41) is 4.39. The largest absolute Gasteiger partial charge is 0.476 e. The van der Waals surface area contributed by atoms with Gasteiger partial charge in [-0.2, -0.15) is 5.10 Å². The van der Waals surface area contributed by atoms with Crippen LogP contribution in [0.1, 0.15) is 58.1 Å². The minimum Gasteiger partial charge on any atom is -0.476 e. The van der Waals surface area contributed by atoms with Gasteiger partial charge in [0.2, 0.25) is 5.88 Å². The molecule has 0 unspecified atom stereocenters. The van der Waals surface area contributed by atoms with Crippen LogP contribution < -0.4 is 10.5 Å². The number of hydrogen-bond donors (Lipinski definition) is 1. The summed E-state index contributed by atoms with van der Waals surface area (Å²) >= 11 is 0. The van der Waals surface area contributed by atoms with Crippen LogP contribution in [0.25, 0.3) is 0 Å². The first-order valence-electron chi connectivity index (χ1n) is 6.53. The van der Waals surface area contributed by atoms with Crippen LogP contribution in [-0.4, -0.2) is 16.4 Å². The Labute approximate surface area is 104 Å². The molecule has 0 saturated heterocycles. The van der Waals surface area contributed by atoms with E-state index >= 15 is 0 Å². The van der Waals surface area contributed by atoms with E-state index in [0.29, 0.717) is 17.5 Å². The van der Waals surface area contributed by atoms with E-state index in [1.54, 1.807) is 4.68 Å². The second-order valence-corrected chi connectivity index (χ2v) is 4.79. The van der Waals surface area contributed by atoms with Gasteiger partial charge in [0.1, 0.15) is 5.69 Å². The number of hydrogen-bond acceptors (Lipinski definition) is 3. The van der Waals surface area contributed by atoms with Crippen molar-refractivity contribution in [3.63, 3.8) is 0 Å². The number of nitrogen functional groups attached to an aromatic ring is 1. The van der Waals surface area contributed by atoms with Gasteiger partial charge < -0.3 is 10.5 Å². The number of nitrogens with zero attached hydrogens (tertiary/aromatic N) is 2. The lowest BCUT2D eigenvalue weighted by Crippen LogP contribution is -2.04. The second kappa shape index (κ2) is 6.52. The predicted molar refractivity (Wildman–Crippen MR) is 71.3 cm³/mol. The van der Waals surface area contributed by atoms with Crippen LogP contribution in [0, 0.1) is 0 Å². The Kier molecular flexibility index (Phi) is 5.32. The number of ether oxygens (including phenoxy) is 1. The van der Waals surface area contributed by atoms with Crippen molar-refractivity contribution in [1.82, 2.24) is 9.78 Å². The molecular weight excluding hydrogens is 214 g/mol. The quantitative estimate of drug-likeness (QED) is 0.744. The zero-order chi connectivity index (χ0) is 12.8. The van der Waals surface area contributed by atoms with E-state index in [4.69, 9.17) is 10.5 Å². The molecule has 0 aliphatic carbocycles. The highest BCUT2D eigenvalue weighted by Gasteiger charge is 2.16. The van der Waals surface area contributed by atoms with Crippen LogP contribution in [0.15, 0.2) is 0 Å². The molecule has 0 aliphatic rings. The molecular formula is C13H25N3O. The molecule has 1 rings (SSSR count). The SMILES string of the molecule is CCCCCCOc1c(N)c(C(C)C)nn1C. The normalized spacial score (nSPS) is 11.1. The van der Waals surface area contributed by atoms with E-state index in [-0.39, 0.29) is 0 Å². The van der Waals surface area contributed by atoms with Crippen molar-refractivity contribution in [1.29, 1.82) is 0 Å². The Morgan fingerprint density at radius 3 is 2.53 bits per heavy atom. The Hall–Kier alpha value is -1.19. The Morgan fingerprint density at radius 2 is 2.00 bits per heavy atom. The minimum atomic E-state index is 0.332. The first kappa shape index (κ1) is 13.9. The van der Waals surface area contributed by atoms with Gasteiger partial charge in [-0.15, -0.1) is 0 Å². The minimum absolute atomic E-state index is 0.332. The van der Waals surface area contributed by atoms with Gasteiger partial charge >= 0.3 is 0 Å². The van der Waals surface area contributed by atoms with Gasteiger partial charge in [-0.05, 0) is 12.3 Å². The lowest BCUT2D eigenvalue weighted by atomic mass is 10.1. The van der Waals surface area contributed by atoms with Crippen molar-refractivity contribution in [3.05, 3.63) is 5.69 Å². The molecule has 0 atom stereocenters. The Bertz CT molecular complexity index is 345. The predicted octanol–water partition coefficient (Wildman–Crippen LogP) is 3.08. The number of unbranched alkanes of at least 4 members (excludes halogenated alkanes) is 3.